The summed E-state index contributed by atoms with van der Waals surface area (Å²) in [7, 11) is 0. The number of benzene rings is 2. The van der Waals surface area contributed by atoms with Crippen LogP contribution in [0.4, 0.5) is 0 Å². The van der Waals surface area contributed by atoms with Crippen LogP contribution in [0.5, 0.6) is 5.75 Å². The van der Waals surface area contributed by atoms with Crippen molar-refractivity contribution >= 4 is 0 Å². The van der Waals surface area contributed by atoms with E-state index in [2.05, 4.69) is 32.9 Å². The predicted octanol–water partition coefficient (Wildman–Crippen LogP) is 5.76. The maximum absolute atomic E-state index is 10.5. The van der Waals surface area contributed by atoms with Gasteiger partial charge >= 0.3 is 0 Å². The van der Waals surface area contributed by atoms with E-state index in [0.717, 1.165) is 29.2 Å². The topological polar surface area (TPSA) is 29.5 Å². The number of ether oxygens (including phenoxy) is 1. The Morgan fingerprint density at radius 1 is 0.875 bits per heavy atom. The van der Waals surface area contributed by atoms with E-state index < -0.39 is 6.10 Å². The minimum Gasteiger partial charge on any atom is -0.489 e. The average Bonchev–Trinajstić information content (AvgIpc) is 2.60. The molecule has 0 radical (unpaired) electrons. The first-order valence-corrected chi connectivity index (χ1v) is 9.01. The van der Waals surface area contributed by atoms with Crippen molar-refractivity contribution in [1.29, 1.82) is 0 Å². The molecule has 0 spiro atoms. The summed E-state index contributed by atoms with van der Waals surface area (Å²) >= 11 is 0. The number of hydrogen-bond acceptors (Lipinski definition) is 2. The van der Waals surface area contributed by atoms with Crippen molar-refractivity contribution in [2.75, 3.05) is 0 Å². The summed E-state index contributed by atoms with van der Waals surface area (Å²) in [4.78, 5) is 0. The van der Waals surface area contributed by atoms with Gasteiger partial charge in [0.05, 0.1) is 6.10 Å². The smallest absolute Gasteiger partial charge is 0.119 e. The minimum absolute atomic E-state index is 0.278. The Morgan fingerprint density at radius 2 is 1.54 bits per heavy atom. The summed E-state index contributed by atoms with van der Waals surface area (Å²) in [6.45, 7) is 7.18. The third-order valence-electron chi connectivity index (χ3n) is 4.45. The van der Waals surface area contributed by atoms with Crippen molar-refractivity contribution in [3.8, 4) is 5.75 Å². The number of aliphatic hydroxyl groups excluding tert-OH is 1. The highest BCUT2D eigenvalue weighted by molar-refractivity contribution is 5.29. The van der Waals surface area contributed by atoms with E-state index in [1.54, 1.807) is 0 Å². The van der Waals surface area contributed by atoms with Gasteiger partial charge < -0.3 is 9.84 Å². The molecule has 0 saturated carbocycles. The van der Waals surface area contributed by atoms with Gasteiger partial charge in [0.15, 0.2) is 0 Å². The first-order chi connectivity index (χ1) is 11.6. The molecule has 24 heavy (non-hydrogen) atoms. The molecule has 0 bridgehead atoms. The molecule has 0 aliphatic carbocycles. The van der Waals surface area contributed by atoms with Gasteiger partial charge in [-0.25, -0.2) is 0 Å². The van der Waals surface area contributed by atoms with Gasteiger partial charge in [0.25, 0.3) is 0 Å². The highest BCUT2D eigenvalue weighted by atomic mass is 16.5. The lowest BCUT2D eigenvalue weighted by atomic mass is 9.91. The Balaban J connectivity index is 1.84. The summed E-state index contributed by atoms with van der Waals surface area (Å²) in [5.41, 5.74) is 2.12. The molecule has 0 saturated heterocycles. The van der Waals surface area contributed by atoms with Crippen LogP contribution in [0, 0.1) is 11.8 Å². The largest absolute Gasteiger partial charge is 0.489 e. The lowest BCUT2D eigenvalue weighted by molar-refractivity contribution is 0.110. The maximum Gasteiger partial charge on any atom is 0.119 e. The second-order valence-electron chi connectivity index (χ2n) is 7.09. The fourth-order valence-corrected chi connectivity index (χ4v) is 2.84. The van der Waals surface area contributed by atoms with Crippen LogP contribution in [0.1, 0.15) is 57.3 Å². The van der Waals surface area contributed by atoms with Crippen molar-refractivity contribution in [2.24, 2.45) is 11.8 Å². The third kappa shape index (κ3) is 6.01. The Labute approximate surface area is 146 Å². The van der Waals surface area contributed by atoms with Crippen LogP contribution in [0.3, 0.4) is 0 Å². The van der Waals surface area contributed by atoms with Gasteiger partial charge in [-0.05, 0) is 41.5 Å². The van der Waals surface area contributed by atoms with Crippen LogP contribution in [-0.2, 0) is 6.61 Å². The minimum atomic E-state index is -0.402. The van der Waals surface area contributed by atoms with Gasteiger partial charge in [-0.3, -0.25) is 0 Å². The summed E-state index contributed by atoms with van der Waals surface area (Å²) in [5, 5.41) is 10.5. The van der Waals surface area contributed by atoms with E-state index in [9.17, 15) is 5.11 Å². The van der Waals surface area contributed by atoms with Crippen LogP contribution in [0.25, 0.3) is 0 Å². The van der Waals surface area contributed by atoms with Crippen LogP contribution in [0.15, 0.2) is 54.6 Å². The monoisotopic (exact) mass is 326 g/mol. The highest BCUT2D eigenvalue weighted by Crippen LogP contribution is 2.28. The molecule has 2 rings (SSSR count). The first kappa shape index (κ1) is 18.5. The van der Waals surface area contributed by atoms with Crippen molar-refractivity contribution < 1.29 is 9.84 Å². The second-order valence-corrected chi connectivity index (χ2v) is 7.09. The molecule has 130 valence electrons. The van der Waals surface area contributed by atoms with Gasteiger partial charge in [-0.2, -0.15) is 0 Å². The van der Waals surface area contributed by atoms with Crippen LogP contribution in [-0.4, -0.2) is 5.11 Å². The third-order valence-corrected chi connectivity index (χ3v) is 4.45. The van der Waals surface area contributed by atoms with Crippen molar-refractivity contribution in [1.82, 2.24) is 0 Å². The van der Waals surface area contributed by atoms with E-state index in [1.807, 2.05) is 42.5 Å². The second kappa shape index (κ2) is 9.48. The van der Waals surface area contributed by atoms with Gasteiger partial charge in [-0.15, -0.1) is 0 Å². The predicted molar refractivity (Wildman–Crippen MR) is 100 cm³/mol. The van der Waals surface area contributed by atoms with Crippen molar-refractivity contribution in [3.63, 3.8) is 0 Å². The zero-order valence-corrected chi connectivity index (χ0v) is 15.1. The number of aliphatic hydroxyl groups is 1. The molecule has 2 aromatic carbocycles. The van der Waals surface area contributed by atoms with E-state index >= 15 is 0 Å². The Kier molecular flexibility index (Phi) is 7.33. The summed E-state index contributed by atoms with van der Waals surface area (Å²) in [5.74, 6) is 1.84. The summed E-state index contributed by atoms with van der Waals surface area (Å²) in [6.07, 6.45) is 3.06. The van der Waals surface area contributed by atoms with E-state index in [-0.39, 0.29) is 5.92 Å². The van der Waals surface area contributed by atoms with E-state index in [0.29, 0.717) is 6.61 Å². The van der Waals surface area contributed by atoms with Crippen LogP contribution < -0.4 is 4.74 Å². The van der Waals surface area contributed by atoms with Crippen molar-refractivity contribution in [3.05, 3.63) is 65.7 Å². The summed E-state index contributed by atoms with van der Waals surface area (Å²) < 4.78 is 5.80. The quantitative estimate of drug-likeness (QED) is 0.634. The lowest BCUT2D eigenvalue weighted by Gasteiger charge is -2.20. The molecule has 2 atom stereocenters. The fraction of sp³-hybridized carbons (Fsp3) is 0.455. The zero-order chi connectivity index (χ0) is 17.4. The number of hydrogen-bond donors (Lipinski definition) is 1. The molecule has 0 fully saturated rings. The fourth-order valence-electron chi connectivity index (χ4n) is 2.84. The van der Waals surface area contributed by atoms with Gasteiger partial charge in [0.1, 0.15) is 12.4 Å². The van der Waals surface area contributed by atoms with Crippen LogP contribution in [0.2, 0.25) is 0 Å². The number of rotatable bonds is 9. The first-order valence-electron chi connectivity index (χ1n) is 9.01. The van der Waals surface area contributed by atoms with Gasteiger partial charge in [-0.1, -0.05) is 76.1 Å². The molecule has 2 nitrogen and oxygen atoms in total. The molecular formula is C22H30O2. The molecule has 0 aromatic heterocycles. The molecule has 2 unspecified atom stereocenters. The average molecular weight is 326 g/mol. The SMILES string of the molecule is CC(C)CCCC(C)C(O)c1ccc(OCc2ccccc2)cc1. The molecule has 0 heterocycles. The molecule has 0 aliphatic heterocycles. The van der Waals surface area contributed by atoms with E-state index in [1.165, 1.54) is 12.8 Å². The van der Waals surface area contributed by atoms with Gasteiger partial charge in [0, 0.05) is 0 Å². The maximum atomic E-state index is 10.5. The normalized spacial score (nSPS) is 13.7. The van der Waals surface area contributed by atoms with E-state index in [4.69, 9.17) is 4.74 Å². The summed E-state index contributed by atoms with van der Waals surface area (Å²) in [6, 6.07) is 18.0. The Hall–Kier alpha value is -1.80. The molecule has 0 amide bonds. The zero-order valence-electron chi connectivity index (χ0n) is 15.1. The van der Waals surface area contributed by atoms with Gasteiger partial charge in [0.2, 0.25) is 0 Å². The molecule has 2 aromatic rings. The Morgan fingerprint density at radius 3 is 2.17 bits per heavy atom. The Bertz CT molecular complexity index is 575. The van der Waals surface area contributed by atoms with Crippen molar-refractivity contribution in [2.45, 2.75) is 52.7 Å². The molecule has 2 heteroatoms. The molecule has 1 N–H and O–H groups in total. The molecule has 0 aliphatic rings. The molecular weight excluding hydrogens is 296 g/mol. The highest BCUT2D eigenvalue weighted by Gasteiger charge is 2.16. The van der Waals surface area contributed by atoms with Crippen LogP contribution >= 0.6 is 0 Å². The standard InChI is InChI=1S/C22H30O2/c1-17(2)8-7-9-18(3)22(23)20-12-14-21(15-13-20)24-16-19-10-5-4-6-11-19/h4-6,10-15,17-18,22-23H,7-9,16H2,1-3H3. The lowest BCUT2D eigenvalue weighted by Crippen LogP contribution is -2.09.